The van der Waals surface area contributed by atoms with Crippen LogP contribution in [0.15, 0.2) is 95.0 Å². The van der Waals surface area contributed by atoms with Gasteiger partial charge in [0.1, 0.15) is 73.2 Å². The summed E-state index contributed by atoms with van der Waals surface area (Å²) in [6, 6.07) is 0. The van der Waals surface area contributed by atoms with E-state index in [1.54, 1.807) is 6.08 Å². The molecule has 4 aromatic heterocycles. The summed E-state index contributed by atoms with van der Waals surface area (Å²) in [5.41, 5.74) is -4.12. The topological polar surface area (TPSA) is 418 Å². The Morgan fingerprint density at radius 2 is 0.691 bits per heavy atom. The number of rotatable bonds is 25. The summed E-state index contributed by atoms with van der Waals surface area (Å²) in [4.78, 5) is 104. The zero-order valence-electron chi connectivity index (χ0n) is 57.2. The van der Waals surface area contributed by atoms with Gasteiger partial charge in [-0.05, 0) is 116 Å². The van der Waals surface area contributed by atoms with Gasteiger partial charge in [0.2, 0.25) is 0 Å². The first-order chi connectivity index (χ1) is 45.0. The van der Waals surface area contributed by atoms with E-state index in [4.69, 9.17) is 18.9 Å². The van der Waals surface area contributed by atoms with Crippen LogP contribution < -0.4 is 45.0 Å². The van der Waals surface area contributed by atoms with Gasteiger partial charge in [0.05, 0.1) is 46.7 Å². The molecule has 32 heteroatoms. The van der Waals surface area contributed by atoms with E-state index in [9.17, 15) is 79.2 Å². The summed E-state index contributed by atoms with van der Waals surface area (Å²) in [6.07, 6.45) is 18.8. The molecular formula is C65H104N8O20P4. The highest BCUT2D eigenvalue weighted by atomic mass is 31.2. The van der Waals surface area contributed by atoms with Gasteiger partial charge in [-0.1, -0.05) is 32.1 Å². The van der Waals surface area contributed by atoms with E-state index in [-0.39, 0.29) is 28.8 Å². The van der Waals surface area contributed by atoms with Crippen LogP contribution >= 0.6 is 27.5 Å². The molecular weight excluding hydrogens is 1340 g/mol. The van der Waals surface area contributed by atoms with Crippen LogP contribution in [-0.2, 0) is 38.6 Å². The highest BCUT2D eigenvalue weighted by Crippen LogP contribution is 2.44. The Morgan fingerprint density at radius 3 is 0.969 bits per heavy atom. The van der Waals surface area contributed by atoms with Crippen molar-refractivity contribution in [1.82, 2.24) is 38.2 Å². The highest BCUT2D eigenvalue weighted by molar-refractivity contribution is 7.73. The van der Waals surface area contributed by atoms with Crippen molar-refractivity contribution in [2.45, 2.75) is 169 Å². The van der Waals surface area contributed by atoms with Crippen LogP contribution in [0.2, 0.25) is 0 Å². The van der Waals surface area contributed by atoms with Crippen LogP contribution in [0.25, 0.3) is 6.20 Å². The molecule has 4 saturated heterocycles. The smallest absolute Gasteiger partial charge is 0.332 e. The number of ether oxygens (including phenoxy) is 4. The number of aliphatic hydroxyl groups excluding tert-OH is 8. The number of aliphatic hydroxyl groups is 8. The third-order valence-electron chi connectivity index (χ3n) is 16.7. The molecule has 28 nitrogen and oxygen atoms in total. The lowest BCUT2D eigenvalue weighted by Crippen LogP contribution is -2.35. The predicted molar refractivity (Wildman–Crippen MR) is 392 cm³/mol. The molecule has 0 radical (unpaired) electrons. The Morgan fingerprint density at radius 1 is 0.412 bits per heavy atom. The molecule has 0 aromatic carbocycles. The lowest BCUT2D eigenvalue weighted by atomic mass is 10.0. The molecule has 8 rings (SSSR count). The van der Waals surface area contributed by atoms with Crippen LogP contribution in [0.4, 0.5) is 0 Å². The maximum absolute atomic E-state index is 12.2. The fraction of sp³-hybridized carbons (Fsp3) is 0.600. The number of hydrogen-bond acceptors (Lipinski definition) is 20. The summed E-state index contributed by atoms with van der Waals surface area (Å²) >= 11 is 0. The molecule has 0 aliphatic carbocycles. The van der Waals surface area contributed by atoms with E-state index in [2.05, 4.69) is 118 Å². The van der Waals surface area contributed by atoms with E-state index >= 15 is 0 Å². The molecule has 0 bridgehead atoms. The normalized spacial score (nSPS) is 27.2. The summed E-state index contributed by atoms with van der Waals surface area (Å²) in [5.74, 6) is 0. The molecule has 4 fully saturated rings. The summed E-state index contributed by atoms with van der Waals surface area (Å²) in [6.45, 7) is 25.3. The van der Waals surface area contributed by atoms with Crippen molar-refractivity contribution in [3.05, 3.63) is 162 Å². The van der Waals surface area contributed by atoms with E-state index in [1.165, 1.54) is 50.8 Å². The quantitative estimate of drug-likeness (QED) is 0.0323. The van der Waals surface area contributed by atoms with Gasteiger partial charge >= 0.3 is 22.8 Å². The van der Waals surface area contributed by atoms with Gasteiger partial charge in [-0.15, -0.1) is 65.9 Å². The number of aromatic amines is 4. The molecule has 0 saturated carbocycles. The number of hydrogen-bond donors (Lipinski definition) is 12. The Bertz CT molecular complexity index is 4070. The number of allylic oxidation sites excluding steroid dienone is 2. The number of nitrogens with zero attached hydrogens (tertiary/aromatic N) is 4. The Kier molecular flexibility index (Phi) is 30.0. The minimum Gasteiger partial charge on any atom is -0.388 e. The SMILES string of the molecule is C=CCCn1cc(C2O[C@H](CCP(=C)(C)C)[C@@H](O)[C@H]2O)c(=O)[nH]c1=O.C=CCn1cc(C2O[C@H](CCP(=C)(C)C)[C@@H](O)[C@H]2O)c(=O)[nH]c1=O.C=Cn1cc(C2O[C@H](CCP(=C)(C)C)[C@@H](O)[C@H]2O)c(=O)[nH]c1=O.C=P(C)(C)CC[C@H]1OC(c2cn(CCCC)c(=O)[nH]c2=O)[C@H](O)[C@@H]1O. The third kappa shape index (κ3) is 23.1. The molecule has 16 atom stereocenters. The van der Waals surface area contributed by atoms with Gasteiger partial charge in [0.15, 0.2) is 0 Å². The molecule has 4 unspecified atom stereocenters. The maximum atomic E-state index is 12.2. The van der Waals surface area contributed by atoms with E-state index in [0.29, 0.717) is 45.2 Å². The second kappa shape index (κ2) is 35.3. The van der Waals surface area contributed by atoms with Crippen LogP contribution in [-0.4, -0.2) is 255 Å². The molecule has 4 aromatic rings. The molecule has 0 spiro atoms. The lowest BCUT2D eigenvalue weighted by molar-refractivity contribution is 0.00493. The Hall–Kier alpha value is -5.34. The van der Waals surface area contributed by atoms with Crippen molar-refractivity contribution < 1.29 is 59.8 Å². The zero-order chi connectivity index (χ0) is 73.0. The molecule has 0 amide bonds. The Balaban J connectivity index is 0.000000234. The van der Waals surface area contributed by atoms with Crippen molar-refractivity contribution in [2.24, 2.45) is 0 Å². The van der Waals surface area contributed by atoms with E-state index in [0.717, 1.165) is 42.1 Å². The van der Waals surface area contributed by atoms with Crippen molar-refractivity contribution >= 4 is 58.9 Å². The standard InChI is InChI=1S/C17H29N2O5P.C17H27N2O5P.C16H25N2O5P.C15H23N2O5P/c2*1-5-6-8-19-10-11(16(22)18-17(19)23)15-14(21)13(20)12(24-15)7-9-25(2,3)4;1-5-7-18-9-10(15(21)17-16(18)22)14-13(20)12(19)11(23-14)6-8-24(2,3)4;1-5-17-8-9(14(20)16-15(17)21)13-12(19)11(18)10(22-13)6-7-23(2,3)4/h10,12-15,20-21H,2,5-9H2,1,3-4H3,(H,18,22,23);5,10,12-15,20-21H,1-2,6-9H2,3-4H3,(H,18,22,23);5,9,11-14,19-20H,1-2,6-8H2,3-4H3,(H,17,21,22);5,8,10-13,18-19H,1-2,6-7H2,3-4H3,(H,16,20,21)/t2*12-,13-,14-,15?;11-,12-,13-,14?;10-,11-,12-,13?/m1111/s1. The van der Waals surface area contributed by atoms with Gasteiger partial charge in [0, 0.05) is 50.6 Å². The fourth-order valence-electron chi connectivity index (χ4n) is 11.1. The number of aryl methyl sites for hydroxylation is 2. The average Bonchev–Trinajstić information content (AvgIpc) is 1.71. The molecule has 4 aliphatic rings. The largest absolute Gasteiger partial charge is 0.388 e. The Labute approximate surface area is 563 Å². The monoisotopic (exact) mass is 1440 g/mol. The molecule has 544 valence electrons. The molecule has 4 aliphatic heterocycles. The highest BCUT2D eigenvalue weighted by Gasteiger charge is 2.48. The number of aromatic nitrogens is 8. The van der Waals surface area contributed by atoms with Gasteiger partial charge in [-0.25, -0.2) is 19.2 Å². The second-order valence-electron chi connectivity index (χ2n) is 27.8. The van der Waals surface area contributed by atoms with Crippen molar-refractivity contribution in [3.8, 4) is 0 Å². The summed E-state index contributed by atoms with van der Waals surface area (Å²) in [5, 5.41) is 82.1. The maximum Gasteiger partial charge on any atom is 0.332 e. The van der Waals surface area contributed by atoms with Crippen molar-refractivity contribution in [3.63, 3.8) is 0 Å². The predicted octanol–water partition coefficient (Wildman–Crippen LogP) is 0.853. The number of H-pyrrole nitrogens is 4. The van der Waals surface area contributed by atoms with Crippen LogP contribution in [0, 0.1) is 0 Å². The van der Waals surface area contributed by atoms with Crippen molar-refractivity contribution in [1.29, 1.82) is 0 Å². The fourth-order valence-corrected chi connectivity index (χ4v) is 14.9. The first-order valence-corrected chi connectivity index (χ1v) is 44.2. The van der Waals surface area contributed by atoms with Gasteiger partial charge < -0.3 is 64.4 Å². The molecule has 12 N–H and O–H groups in total. The van der Waals surface area contributed by atoms with Crippen LogP contribution in [0.3, 0.4) is 0 Å². The third-order valence-corrected chi connectivity index (χ3v) is 22.6. The number of nitrogens with one attached hydrogen (secondary N) is 4. The molecule has 8 heterocycles. The zero-order valence-corrected chi connectivity index (χ0v) is 60.8. The van der Waals surface area contributed by atoms with E-state index in [1.807, 2.05) is 6.92 Å². The van der Waals surface area contributed by atoms with Crippen molar-refractivity contribution in [2.75, 3.05) is 78.0 Å². The number of unbranched alkanes of at least 4 members (excludes halogenated alkanes) is 1. The first kappa shape index (κ1) is 82.3. The van der Waals surface area contributed by atoms with Gasteiger partial charge in [-0.2, -0.15) is 0 Å². The summed E-state index contributed by atoms with van der Waals surface area (Å²) < 4.78 is 28.2. The average molecular weight is 1440 g/mol. The first-order valence-electron chi connectivity index (χ1n) is 32.0. The van der Waals surface area contributed by atoms with Gasteiger partial charge in [-0.3, -0.25) is 52.8 Å². The van der Waals surface area contributed by atoms with E-state index < -0.39 is 170 Å². The van der Waals surface area contributed by atoms with Crippen LogP contribution in [0.1, 0.15) is 98.5 Å². The van der Waals surface area contributed by atoms with Gasteiger partial charge in [0.25, 0.3) is 22.2 Å². The minimum absolute atomic E-state index is 0.0854. The lowest BCUT2D eigenvalue weighted by Gasteiger charge is -2.18. The van der Waals surface area contributed by atoms with Crippen LogP contribution in [0.5, 0.6) is 0 Å². The minimum atomic E-state index is -1.29. The second-order valence-corrected chi connectivity index (χ2v) is 45.1. The molecule has 97 heavy (non-hydrogen) atoms. The summed E-state index contributed by atoms with van der Waals surface area (Å²) in [7, 11) is 0.